The van der Waals surface area contributed by atoms with Gasteiger partial charge in [0.2, 0.25) is 5.89 Å². The second-order valence-corrected chi connectivity index (χ2v) is 8.95. The maximum absolute atomic E-state index is 12.1. The van der Waals surface area contributed by atoms with Gasteiger partial charge in [-0.05, 0) is 34.1 Å². The Morgan fingerprint density at radius 3 is 2.43 bits per heavy atom. The molecule has 0 saturated carbocycles. The number of nitrogens with one attached hydrogen (secondary N) is 2. The maximum atomic E-state index is 12.1. The summed E-state index contributed by atoms with van der Waals surface area (Å²) < 4.78 is 11.2. The Labute approximate surface area is 169 Å². The molecule has 0 aromatic carbocycles. The molecule has 160 valence electrons. The predicted octanol–water partition coefficient (Wildman–Crippen LogP) is 3.28. The number of ether oxygens (including phenoxy) is 1. The molecule has 28 heavy (non-hydrogen) atoms. The van der Waals surface area contributed by atoms with Gasteiger partial charge < -0.3 is 24.7 Å². The number of aromatic nitrogens is 1. The number of guanidine groups is 1. The molecule has 0 saturated heterocycles. The highest BCUT2D eigenvalue weighted by Crippen LogP contribution is 2.22. The van der Waals surface area contributed by atoms with Gasteiger partial charge in [0.05, 0.1) is 12.7 Å². The van der Waals surface area contributed by atoms with E-state index in [4.69, 9.17) is 9.15 Å². The highest BCUT2D eigenvalue weighted by molar-refractivity contribution is 5.79. The first kappa shape index (κ1) is 23.8. The van der Waals surface area contributed by atoms with Crippen LogP contribution in [0.1, 0.15) is 66.5 Å². The van der Waals surface area contributed by atoms with Crippen LogP contribution in [0.25, 0.3) is 0 Å². The molecule has 1 unspecified atom stereocenters. The van der Waals surface area contributed by atoms with E-state index in [-0.39, 0.29) is 17.6 Å². The molecule has 2 N–H and O–H groups in total. The Morgan fingerprint density at radius 2 is 1.93 bits per heavy atom. The van der Waals surface area contributed by atoms with Gasteiger partial charge >= 0.3 is 6.09 Å². The Bertz CT molecular complexity index is 656. The molecule has 0 aliphatic carbocycles. The van der Waals surface area contributed by atoms with E-state index < -0.39 is 5.60 Å². The molecule has 1 heterocycles. The van der Waals surface area contributed by atoms with Gasteiger partial charge in [0, 0.05) is 32.1 Å². The quantitative estimate of drug-likeness (QED) is 0.567. The molecular weight excluding hydrogens is 358 g/mol. The third kappa shape index (κ3) is 8.19. The number of aliphatic imine (C=N–C) groups is 1. The van der Waals surface area contributed by atoms with Gasteiger partial charge in [0.1, 0.15) is 11.4 Å². The summed E-state index contributed by atoms with van der Waals surface area (Å²) in [6.07, 6.45) is 2.20. The fourth-order valence-electron chi connectivity index (χ4n) is 2.23. The first-order chi connectivity index (χ1) is 12.8. The van der Waals surface area contributed by atoms with Crippen LogP contribution >= 0.6 is 0 Å². The topological polar surface area (TPSA) is 92.0 Å². The van der Waals surface area contributed by atoms with Crippen LogP contribution < -0.4 is 10.6 Å². The minimum absolute atomic E-state index is 0.0292. The van der Waals surface area contributed by atoms with Crippen molar-refractivity contribution in [2.75, 3.05) is 20.6 Å². The predicted molar refractivity (Wildman–Crippen MR) is 111 cm³/mol. The van der Waals surface area contributed by atoms with Crippen molar-refractivity contribution in [1.29, 1.82) is 0 Å². The second-order valence-electron chi connectivity index (χ2n) is 8.95. The van der Waals surface area contributed by atoms with E-state index in [1.165, 1.54) is 0 Å². The number of nitrogens with zero attached hydrogens (tertiary/aromatic N) is 3. The summed E-state index contributed by atoms with van der Waals surface area (Å²) in [4.78, 5) is 22.2. The van der Waals surface area contributed by atoms with Gasteiger partial charge in [-0.25, -0.2) is 9.78 Å². The van der Waals surface area contributed by atoms with Gasteiger partial charge in [-0.15, -0.1) is 0 Å². The van der Waals surface area contributed by atoms with Crippen molar-refractivity contribution in [2.45, 2.75) is 78.5 Å². The lowest BCUT2D eigenvalue weighted by Crippen LogP contribution is -2.42. The van der Waals surface area contributed by atoms with Crippen LogP contribution in [0.15, 0.2) is 15.6 Å². The molecule has 1 amide bonds. The zero-order valence-corrected chi connectivity index (χ0v) is 18.8. The van der Waals surface area contributed by atoms with Crippen molar-refractivity contribution in [1.82, 2.24) is 20.5 Å². The van der Waals surface area contributed by atoms with E-state index in [9.17, 15) is 4.79 Å². The average molecular weight is 396 g/mol. The van der Waals surface area contributed by atoms with Gasteiger partial charge in [-0.2, -0.15) is 0 Å². The van der Waals surface area contributed by atoms with E-state index in [2.05, 4.69) is 41.4 Å². The number of oxazole rings is 1. The van der Waals surface area contributed by atoms with Crippen molar-refractivity contribution in [3.8, 4) is 0 Å². The van der Waals surface area contributed by atoms with Crippen LogP contribution in [0.3, 0.4) is 0 Å². The van der Waals surface area contributed by atoms with Crippen molar-refractivity contribution in [3.63, 3.8) is 0 Å². The second kappa shape index (κ2) is 9.80. The molecule has 0 aliphatic rings. The summed E-state index contributed by atoms with van der Waals surface area (Å²) in [7, 11) is 3.46. The molecule has 1 rings (SSSR count). The summed E-state index contributed by atoms with van der Waals surface area (Å²) in [6, 6.07) is 0.0292. The normalized spacial score (nSPS) is 13.8. The van der Waals surface area contributed by atoms with E-state index in [0.29, 0.717) is 24.9 Å². The van der Waals surface area contributed by atoms with Crippen LogP contribution in [-0.2, 0) is 16.7 Å². The standard InChI is InChI=1S/C20H37N5O3/c1-14(25(9)18(26)28-20(5,6)7)10-11-22-17(21-8)24-13-16-23-12-15(27-16)19(2,3)4/h12,14H,10-11,13H2,1-9H3,(H2,21,22,24). The number of carbonyl (C=O) groups excluding carboxylic acids is 1. The number of hydrogen-bond acceptors (Lipinski definition) is 5. The number of rotatable bonds is 6. The Hall–Kier alpha value is -2.25. The van der Waals surface area contributed by atoms with E-state index in [0.717, 1.165) is 12.2 Å². The third-order valence-electron chi connectivity index (χ3n) is 4.12. The van der Waals surface area contributed by atoms with E-state index in [1.54, 1.807) is 25.2 Å². The monoisotopic (exact) mass is 395 g/mol. The van der Waals surface area contributed by atoms with Crippen molar-refractivity contribution < 1.29 is 13.9 Å². The highest BCUT2D eigenvalue weighted by Gasteiger charge is 2.23. The van der Waals surface area contributed by atoms with Crippen LogP contribution in [-0.4, -0.2) is 54.2 Å². The van der Waals surface area contributed by atoms with Crippen LogP contribution in [0, 0.1) is 0 Å². The zero-order valence-electron chi connectivity index (χ0n) is 18.8. The highest BCUT2D eigenvalue weighted by atomic mass is 16.6. The minimum Gasteiger partial charge on any atom is -0.444 e. The molecular formula is C20H37N5O3. The number of hydrogen-bond donors (Lipinski definition) is 2. The van der Waals surface area contributed by atoms with Crippen molar-refractivity contribution in [2.24, 2.45) is 4.99 Å². The molecule has 1 aromatic rings. The van der Waals surface area contributed by atoms with Crippen LogP contribution in [0.5, 0.6) is 0 Å². The molecule has 0 aliphatic heterocycles. The van der Waals surface area contributed by atoms with Crippen LogP contribution in [0.4, 0.5) is 4.79 Å². The van der Waals surface area contributed by atoms with Crippen molar-refractivity contribution in [3.05, 3.63) is 17.8 Å². The lowest BCUT2D eigenvalue weighted by molar-refractivity contribution is 0.0230. The van der Waals surface area contributed by atoms with Gasteiger partial charge in [0.15, 0.2) is 5.96 Å². The van der Waals surface area contributed by atoms with E-state index in [1.807, 2.05) is 27.7 Å². The first-order valence-electron chi connectivity index (χ1n) is 9.69. The lowest BCUT2D eigenvalue weighted by atomic mass is 9.94. The molecule has 8 nitrogen and oxygen atoms in total. The summed E-state index contributed by atoms with van der Waals surface area (Å²) in [5, 5.41) is 6.43. The lowest BCUT2D eigenvalue weighted by Gasteiger charge is -2.28. The van der Waals surface area contributed by atoms with Gasteiger partial charge in [-0.3, -0.25) is 4.99 Å². The van der Waals surface area contributed by atoms with E-state index >= 15 is 0 Å². The third-order valence-corrected chi connectivity index (χ3v) is 4.12. The minimum atomic E-state index is -0.498. The molecule has 0 fully saturated rings. The first-order valence-corrected chi connectivity index (χ1v) is 9.69. The molecule has 0 spiro atoms. The molecule has 1 atom stereocenters. The number of amides is 1. The fourth-order valence-corrected chi connectivity index (χ4v) is 2.23. The smallest absolute Gasteiger partial charge is 0.410 e. The fraction of sp³-hybridized carbons (Fsp3) is 0.750. The largest absolute Gasteiger partial charge is 0.444 e. The van der Waals surface area contributed by atoms with Gasteiger partial charge in [0.25, 0.3) is 0 Å². The summed E-state index contributed by atoms with van der Waals surface area (Å²) in [5.74, 6) is 2.12. The molecule has 0 radical (unpaired) electrons. The Morgan fingerprint density at radius 1 is 1.29 bits per heavy atom. The van der Waals surface area contributed by atoms with Crippen molar-refractivity contribution >= 4 is 12.1 Å². The van der Waals surface area contributed by atoms with Crippen LogP contribution in [0.2, 0.25) is 0 Å². The molecule has 0 bridgehead atoms. The number of carbonyl (C=O) groups is 1. The Kier molecular flexibility index (Phi) is 8.32. The maximum Gasteiger partial charge on any atom is 0.410 e. The Balaban J connectivity index is 2.42. The van der Waals surface area contributed by atoms with Gasteiger partial charge in [-0.1, -0.05) is 20.8 Å². The molecule has 1 aromatic heterocycles. The molecule has 8 heteroatoms. The zero-order chi connectivity index (χ0) is 21.5. The summed E-state index contributed by atoms with van der Waals surface area (Å²) in [6.45, 7) is 14.9. The SMILES string of the molecule is CN=C(NCCC(C)N(C)C(=O)OC(C)(C)C)NCc1ncc(C(C)(C)C)o1. The summed E-state index contributed by atoms with van der Waals surface area (Å²) in [5.41, 5.74) is -0.566. The average Bonchev–Trinajstić information content (AvgIpc) is 3.04. The summed E-state index contributed by atoms with van der Waals surface area (Å²) >= 11 is 0.